The minimum absolute atomic E-state index is 0.212. The Morgan fingerprint density at radius 1 is 1.00 bits per heavy atom. The van der Waals surface area contributed by atoms with E-state index < -0.39 is 0 Å². The van der Waals surface area contributed by atoms with Crippen LogP contribution in [-0.2, 0) is 0 Å². The Balaban J connectivity index is 1.32. The van der Waals surface area contributed by atoms with Gasteiger partial charge in [0.25, 0.3) is 5.91 Å². The van der Waals surface area contributed by atoms with Crippen LogP contribution in [0.1, 0.15) is 21.6 Å². The SMILES string of the molecule is Cc1ccc(Nc2cc(C)nc(NCCNC(=O)c3cccc4c3OCCO4)n2)cc1. The highest BCUT2D eigenvalue weighted by molar-refractivity contribution is 5.97. The van der Waals surface area contributed by atoms with E-state index in [0.29, 0.717) is 55.1 Å². The molecule has 0 unspecified atom stereocenters. The maximum atomic E-state index is 12.5. The molecule has 4 rings (SSSR count). The molecule has 2 aromatic carbocycles. The quantitative estimate of drug-likeness (QED) is 0.505. The number of hydrogen-bond donors (Lipinski definition) is 3. The summed E-state index contributed by atoms with van der Waals surface area (Å²) in [7, 11) is 0. The van der Waals surface area contributed by atoms with Crippen LogP contribution in [0.3, 0.4) is 0 Å². The van der Waals surface area contributed by atoms with Gasteiger partial charge in [-0.2, -0.15) is 4.98 Å². The van der Waals surface area contributed by atoms with Gasteiger partial charge in [-0.05, 0) is 38.1 Å². The molecule has 0 atom stereocenters. The summed E-state index contributed by atoms with van der Waals surface area (Å²) in [5.41, 5.74) is 3.46. The maximum Gasteiger partial charge on any atom is 0.255 e. The van der Waals surface area contributed by atoms with Crippen LogP contribution in [0.5, 0.6) is 11.5 Å². The Hall–Kier alpha value is -3.81. The van der Waals surface area contributed by atoms with Gasteiger partial charge in [0.05, 0.1) is 5.56 Å². The van der Waals surface area contributed by atoms with Crippen LogP contribution < -0.4 is 25.4 Å². The average molecular weight is 419 g/mol. The Kier molecular flexibility index (Phi) is 6.16. The number of amides is 1. The molecule has 2 heterocycles. The summed E-state index contributed by atoms with van der Waals surface area (Å²) >= 11 is 0. The summed E-state index contributed by atoms with van der Waals surface area (Å²) in [6.45, 7) is 5.76. The van der Waals surface area contributed by atoms with Crippen molar-refractivity contribution in [2.24, 2.45) is 0 Å². The van der Waals surface area contributed by atoms with Crippen molar-refractivity contribution in [2.45, 2.75) is 13.8 Å². The van der Waals surface area contributed by atoms with Crippen molar-refractivity contribution >= 4 is 23.4 Å². The summed E-state index contributed by atoms with van der Waals surface area (Å²) in [5, 5.41) is 9.33. The number of ether oxygens (including phenoxy) is 2. The fraction of sp³-hybridized carbons (Fsp3) is 0.261. The Morgan fingerprint density at radius 3 is 2.65 bits per heavy atom. The number of benzene rings is 2. The van der Waals surface area contributed by atoms with Crippen molar-refractivity contribution < 1.29 is 14.3 Å². The normalized spacial score (nSPS) is 12.2. The molecule has 0 fully saturated rings. The van der Waals surface area contributed by atoms with Gasteiger partial charge in [-0.25, -0.2) is 4.98 Å². The zero-order valence-corrected chi connectivity index (χ0v) is 17.6. The van der Waals surface area contributed by atoms with E-state index in [1.54, 1.807) is 18.2 Å². The number of carbonyl (C=O) groups is 1. The lowest BCUT2D eigenvalue weighted by atomic mass is 10.1. The van der Waals surface area contributed by atoms with Crippen LogP contribution in [0, 0.1) is 13.8 Å². The fourth-order valence-electron chi connectivity index (χ4n) is 3.19. The topological polar surface area (TPSA) is 97.4 Å². The van der Waals surface area contributed by atoms with Crippen molar-refractivity contribution in [1.29, 1.82) is 0 Å². The molecule has 8 nitrogen and oxygen atoms in total. The van der Waals surface area contributed by atoms with E-state index in [4.69, 9.17) is 9.47 Å². The van der Waals surface area contributed by atoms with Gasteiger partial charge in [0.2, 0.25) is 5.95 Å². The van der Waals surface area contributed by atoms with Gasteiger partial charge in [0.1, 0.15) is 19.0 Å². The van der Waals surface area contributed by atoms with E-state index in [1.807, 2.05) is 44.2 Å². The van der Waals surface area contributed by atoms with E-state index in [1.165, 1.54) is 5.56 Å². The molecule has 0 saturated carbocycles. The number of para-hydroxylation sites is 1. The van der Waals surface area contributed by atoms with Crippen LogP contribution in [-0.4, -0.2) is 42.2 Å². The van der Waals surface area contributed by atoms with Crippen LogP contribution in [0.25, 0.3) is 0 Å². The Bertz CT molecular complexity index is 1070. The van der Waals surface area contributed by atoms with Gasteiger partial charge in [0, 0.05) is 30.5 Å². The minimum Gasteiger partial charge on any atom is -0.486 e. The monoisotopic (exact) mass is 419 g/mol. The van der Waals surface area contributed by atoms with Crippen molar-refractivity contribution in [3.8, 4) is 11.5 Å². The minimum atomic E-state index is -0.212. The molecule has 0 saturated heterocycles. The standard InChI is InChI=1S/C23H25N5O3/c1-15-6-8-17(9-7-15)27-20-14-16(2)26-23(28-20)25-11-10-24-22(29)18-4-3-5-19-21(18)31-13-12-30-19/h3-9,14H,10-13H2,1-2H3,(H,24,29)(H2,25,26,27,28). The van der Waals surface area contributed by atoms with E-state index in [0.717, 1.165) is 11.4 Å². The third-order valence-corrected chi connectivity index (χ3v) is 4.68. The van der Waals surface area contributed by atoms with Crippen molar-refractivity contribution in [1.82, 2.24) is 15.3 Å². The molecule has 31 heavy (non-hydrogen) atoms. The van der Waals surface area contributed by atoms with Gasteiger partial charge >= 0.3 is 0 Å². The number of rotatable bonds is 7. The lowest BCUT2D eigenvalue weighted by molar-refractivity contribution is 0.0944. The average Bonchev–Trinajstić information content (AvgIpc) is 2.77. The first-order chi connectivity index (χ1) is 15.1. The second-order valence-corrected chi connectivity index (χ2v) is 7.22. The second kappa shape index (κ2) is 9.34. The van der Waals surface area contributed by atoms with E-state index in [9.17, 15) is 4.79 Å². The number of anilines is 3. The molecular formula is C23H25N5O3. The van der Waals surface area contributed by atoms with E-state index in [2.05, 4.69) is 25.9 Å². The smallest absolute Gasteiger partial charge is 0.255 e. The highest BCUT2D eigenvalue weighted by Gasteiger charge is 2.19. The molecular weight excluding hydrogens is 394 g/mol. The molecule has 0 radical (unpaired) electrons. The third kappa shape index (κ3) is 5.22. The van der Waals surface area contributed by atoms with Crippen molar-refractivity contribution in [2.75, 3.05) is 36.9 Å². The number of fused-ring (bicyclic) bond motifs is 1. The molecule has 0 spiro atoms. The first-order valence-electron chi connectivity index (χ1n) is 10.2. The Morgan fingerprint density at radius 2 is 1.81 bits per heavy atom. The van der Waals surface area contributed by atoms with Gasteiger partial charge in [-0.15, -0.1) is 0 Å². The number of aryl methyl sites for hydroxylation is 2. The van der Waals surface area contributed by atoms with Crippen LogP contribution in [0.4, 0.5) is 17.5 Å². The number of nitrogens with one attached hydrogen (secondary N) is 3. The summed E-state index contributed by atoms with van der Waals surface area (Å²) in [5.74, 6) is 2.08. The third-order valence-electron chi connectivity index (χ3n) is 4.68. The van der Waals surface area contributed by atoms with E-state index >= 15 is 0 Å². The van der Waals surface area contributed by atoms with Crippen LogP contribution in [0.2, 0.25) is 0 Å². The molecule has 3 N–H and O–H groups in total. The number of nitrogens with zero attached hydrogens (tertiary/aromatic N) is 2. The molecule has 8 heteroatoms. The fourth-order valence-corrected chi connectivity index (χ4v) is 3.19. The molecule has 160 valence electrons. The van der Waals surface area contributed by atoms with Crippen molar-refractivity contribution in [3.05, 3.63) is 65.4 Å². The van der Waals surface area contributed by atoms with E-state index in [-0.39, 0.29) is 5.91 Å². The Labute approximate surface area is 181 Å². The number of hydrogen-bond acceptors (Lipinski definition) is 7. The molecule has 0 bridgehead atoms. The molecule has 1 aliphatic heterocycles. The van der Waals surface area contributed by atoms with Gasteiger partial charge in [-0.3, -0.25) is 4.79 Å². The molecule has 1 aliphatic rings. The van der Waals surface area contributed by atoms with Gasteiger partial charge in [-0.1, -0.05) is 23.8 Å². The van der Waals surface area contributed by atoms with Crippen LogP contribution in [0.15, 0.2) is 48.5 Å². The summed E-state index contributed by atoms with van der Waals surface area (Å²) in [4.78, 5) is 21.5. The summed E-state index contributed by atoms with van der Waals surface area (Å²) < 4.78 is 11.1. The molecule has 0 aliphatic carbocycles. The second-order valence-electron chi connectivity index (χ2n) is 7.22. The van der Waals surface area contributed by atoms with Crippen LogP contribution >= 0.6 is 0 Å². The largest absolute Gasteiger partial charge is 0.486 e. The number of carbonyl (C=O) groups excluding carboxylic acids is 1. The summed E-state index contributed by atoms with van der Waals surface area (Å²) in [6, 6.07) is 15.3. The predicted molar refractivity (Wildman–Crippen MR) is 119 cm³/mol. The predicted octanol–water partition coefficient (Wildman–Crippen LogP) is 3.45. The molecule has 1 amide bonds. The lowest BCUT2D eigenvalue weighted by Gasteiger charge is -2.20. The van der Waals surface area contributed by atoms with Gasteiger partial charge in [0.15, 0.2) is 11.5 Å². The molecule has 3 aromatic rings. The first-order valence-corrected chi connectivity index (χ1v) is 10.2. The highest BCUT2D eigenvalue weighted by atomic mass is 16.6. The maximum absolute atomic E-state index is 12.5. The lowest BCUT2D eigenvalue weighted by Crippen LogP contribution is -2.30. The number of aromatic nitrogens is 2. The first kappa shape index (κ1) is 20.5. The molecule has 1 aromatic heterocycles. The van der Waals surface area contributed by atoms with Crippen molar-refractivity contribution in [3.63, 3.8) is 0 Å². The zero-order valence-electron chi connectivity index (χ0n) is 17.6. The summed E-state index contributed by atoms with van der Waals surface area (Å²) in [6.07, 6.45) is 0. The zero-order chi connectivity index (χ0) is 21.6. The van der Waals surface area contributed by atoms with Gasteiger partial charge < -0.3 is 25.4 Å². The highest BCUT2D eigenvalue weighted by Crippen LogP contribution is 2.33.